The van der Waals surface area contributed by atoms with Gasteiger partial charge in [-0.15, -0.1) is 0 Å². The third-order valence-electron chi connectivity index (χ3n) is 6.31. The first-order valence-corrected chi connectivity index (χ1v) is 12.5. The maximum absolute atomic E-state index is 13.7. The SMILES string of the molecule is O=S(=O)(c1ccc(C(F)(F)F)c(Cc2ccccc2)c1)c1ccc2[nH]c3c(c2c1)CCNCC3. The molecule has 1 aromatic heterocycles. The summed E-state index contributed by atoms with van der Waals surface area (Å²) in [6.07, 6.45) is -2.99. The Balaban J connectivity index is 1.59. The molecule has 0 saturated heterocycles. The lowest BCUT2D eigenvalue weighted by molar-refractivity contribution is -0.138. The number of hydrogen-bond donors (Lipinski definition) is 2. The molecule has 0 fully saturated rings. The number of aromatic amines is 1. The number of rotatable bonds is 4. The molecule has 0 saturated carbocycles. The molecule has 0 aliphatic carbocycles. The molecule has 0 spiro atoms. The zero-order chi connectivity index (χ0) is 23.9. The normalized spacial score (nSPS) is 14.7. The summed E-state index contributed by atoms with van der Waals surface area (Å²) in [6, 6.07) is 16.7. The van der Waals surface area contributed by atoms with Crippen molar-refractivity contribution in [2.24, 2.45) is 0 Å². The van der Waals surface area contributed by atoms with Gasteiger partial charge in [-0.3, -0.25) is 0 Å². The topological polar surface area (TPSA) is 62.0 Å². The van der Waals surface area contributed by atoms with Gasteiger partial charge >= 0.3 is 6.18 Å². The van der Waals surface area contributed by atoms with Gasteiger partial charge in [0.15, 0.2) is 0 Å². The number of fused-ring (bicyclic) bond motifs is 3. The van der Waals surface area contributed by atoms with Gasteiger partial charge in [-0.05, 0) is 72.5 Å². The van der Waals surface area contributed by atoms with Crippen LogP contribution in [0.4, 0.5) is 13.2 Å². The number of aromatic nitrogens is 1. The predicted octanol–water partition coefficient (Wildman–Crippen LogP) is 5.30. The predicted molar refractivity (Wildman–Crippen MR) is 125 cm³/mol. The fraction of sp³-hybridized carbons (Fsp3) is 0.231. The summed E-state index contributed by atoms with van der Waals surface area (Å²) in [6.45, 7) is 1.65. The molecule has 176 valence electrons. The molecule has 8 heteroatoms. The molecule has 2 heterocycles. The van der Waals surface area contributed by atoms with E-state index in [4.69, 9.17) is 0 Å². The lowest BCUT2D eigenvalue weighted by atomic mass is 9.99. The molecule has 1 aliphatic rings. The van der Waals surface area contributed by atoms with E-state index in [1.807, 2.05) is 0 Å². The monoisotopic (exact) mass is 484 g/mol. The second-order valence-electron chi connectivity index (χ2n) is 8.52. The summed E-state index contributed by atoms with van der Waals surface area (Å²) >= 11 is 0. The molecule has 0 radical (unpaired) electrons. The smallest absolute Gasteiger partial charge is 0.358 e. The highest BCUT2D eigenvalue weighted by atomic mass is 32.2. The van der Waals surface area contributed by atoms with Crippen LogP contribution in [0.3, 0.4) is 0 Å². The Morgan fingerprint density at radius 2 is 1.56 bits per heavy atom. The molecular weight excluding hydrogens is 461 g/mol. The van der Waals surface area contributed by atoms with Gasteiger partial charge in [-0.2, -0.15) is 13.2 Å². The van der Waals surface area contributed by atoms with Gasteiger partial charge in [-0.1, -0.05) is 30.3 Å². The highest BCUT2D eigenvalue weighted by molar-refractivity contribution is 7.91. The van der Waals surface area contributed by atoms with Gasteiger partial charge in [0.25, 0.3) is 0 Å². The number of alkyl halides is 3. The Bertz CT molecular complexity index is 1460. The lowest BCUT2D eigenvalue weighted by Crippen LogP contribution is -2.16. The van der Waals surface area contributed by atoms with Gasteiger partial charge in [0, 0.05) is 29.6 Å². The van der Waals surface area contributed by atoms with E-state index in [0.717, 1.165) is 66.3 Å². The van der Waals surface area contributed by atoms with Crippen LogP contribution in [0.5, 0.6) is 0 Å². The van der Waals surface area contributed by atoms with Crippen molar-refractivity contribution in [2.45, 2.75) is 35.2 Å². The molecule has 0 bridgehead atoms. The molecule has 34 heavy (non-hydrogen) atoms. The van der Waals surface area contributed by atoms with Crippen molar-refractivity contribution in [3.05, 3.63) is 94.7 Å². The molecule has 0 amide bonds. The minimum absolute atomic E-state index is 0.0175. The standard InChI is InChI=1S/C26H23F3N2O2S/c27-26(28,29)23-8-6-19(15-18(23)14-17-4-2-1-3-5-17)34(32,33)20-7-9-24-22(16-20)21-10-12-30-13-11-25(21)31-24/h1-9,15-16,30-31H,10-14H2. The zero-order valence-electron chi connectivity index (χ0n) is 18.2. The van der Waals surface area contributed by atoms with Crippen LogP contribution in [-0.4, -0.2) is 26.5 Å². The van der Waals surface area contributed by atoms with Crippen molar-refractivity contribution in [1.82, 2.24) is 10.3 Å². The van der Waals surface area contributed by atoms with E-state index >= 15 is 0 Å². The molecule has 0 atom stereocenters. The van der Waals surface area contributed by atoms with E-state index in [0.29, 0.717) is 5.56 Å². The van der Waals surface area contributed by atoms with Gasteiger partial charge in [0.05, 0.1) is 15.4 Å². The minimum Gasteiger partial charge on any atom is -0.358 e. The summed E-state index contributed by atoms with van der Waals surface area (Å²) in [5, 5.41) is 4.17. The third kappa shape index (κ3) is 4.23. The van der Waals surface area contributed by atoms with E-state index in [2.05, 4.69) is 10.3 Å². The van der Waals surface area contributed by atoms with Gasteiger partial charge in [-0.25, -0.2) is 8.42 Å². The molecular formula is C26H23F3N2O2S. The Hall–Kier alpha value is -3.10. The highest BCUT2D eigenvalue weighted by Crippen LogP contribution is 2.36. The van der Waals surface area contributed by atoms with Gasteiger partial charge in [0.1, 0.15) is 0 Å². The molecule has 4 nitrogen and oxygen atoms in total. The Morgan fingerprint density at radius 1 is 0.853 bits per heavy atom. The molecule has 3 aromatic carbocycles. The second-order valence-corrected chi connectivity index (χ2v) is 10.5. The summed E-state index contributed by atoms with van der Waals surface area (Å²) in [4.78, 5) is 3.30. The fourth-order valence-electron chi connectivity index (χ4n) is 4.61. The van der Waals surface area contributed by atoms with Crippen LogP contribution in [0.1, 0.15) is 27.9 Å². The van der Waals surface area contributed by atoms with Crippen molar-refractivity contribution >= 4 is 20.7 Å². The largest absolute Gasteiger partial charge is 0.416 e. The molecule has 5 rings (SSSR count). The summed E-state index contributed by atoms with van der Waals surface area (Å²) in [5.41, 5.74) is 2.83. The number of nitrogens with one attached hydrogen (secondary N) is 2. The van der Waals surface area contributed by atoms with E-state index in [1.54, 1.807) is 42.5 Å². The third-order valence-corrected chi connectivity index (χ3v) is 8.06. The number of hydrogen-bond acceptors (Lipinski definition) is 3. The quantitative estimate of drug-likeness (QED) is 0.413. The number of halogens is 3. The van der Waals surface area contributed by atoms with Crippen LogP contribution < -0.4 is 5.32 Å². The van der Waals surface area contributed by atoms with Crippen molar-refractivity contribution in [1.29, 1.82) is 0 Å². The highest BCUT2D eigenvalue weighted by Gasteiger charge is 2.34. The number of sulfone groups is 1. The van der Waals surface area contributed by atoms with Crippen molar-refractivity contribution < 1.29 is 21.6 Å². The Labute approximate surface area is 195 Å². The maximum atomic E-state index is 13.7. The summed E-state index contributed by atoms with van der Waals surface area (Å²) in [7, 11) is -4.02. The fourth-order valence-corrected chi connectivity index (χ4v) is 5.95. The van der Waals surface area contributed by atoms with E-state index in [1.165, 1.54) is 6.07 Å². The summed E-state index contributed by atoms with van der Waals surface area (Å²) in [5.74, 6) is 0. The van der Waals surface area contributed by atoms with Crippen LogP contribution in [0, 0.1) is 0 Å². The maximum Gasteiger partial charge on any atom is 0.416 e. The first-order valence-electron chi connectivity index (χ1n) is 11.1. The van der Waals surface area contributed by atoms with Crippen molar-refractivity contribution in [2.75, 3.05) is 13.1 Å². The average Bonchev–Trinajstić information content (AvgIpc) is 2.98. The van der Waals surface area contributed by atoms with E-state index in [-0.39, 0.29) is 21.8 Å². The van der Waals surface area contributed by atoms with Crippen LogP contribution in [0.25, 0.3) is 10.9 Å². The first kappa shape index (κ1) is 22.7. The van der Waals surface area contributed by atoms with Crippen LogP contribution in [-0.2, 0) is 35.3 Å². The van der Waals surface area contributed by atoms with Crippen LogP contribution in [0.15, 0.2) is 76.5 Å². The van der Waals surface area contributed by atoms with E-state index in [9.17, 15) is 21.6 Å². The van der Waals surface area contributed by atoms with Crippen LogP contribution >= 0.6 is 0 Å². The van der Waals surface area contributed by atoms with Crippen LogP contribution in [0.2, 0.25) is 0 Å². The van der Waals surface area contributed by atoms with Crippen molar-refractivity contribution in [3.8, 4) is 0 Å². The van der Waals surface area contributed by atoms with Gasteiger partial charge < -0.3 is 10.3 Å². The number of benzene rings is 3. The first-order chi connectivity index (χ1) is 16.2. The summed E-state index contributed by atoms with van der Waals surface area (Å²) < 4.78 is 68.0. The Kier molecular flexibility index (Phi) is 5.73. The average molecular weight is 485 g/mol. The molecule has 4 aromatic rings. The van der Waals surface area contributed by atoms with Crippen molar-refractivity contribution in [3.63, 3.8) is 0 Å². The van der Waals surface area contributed by atoms with Gasteiger partial charge in [0.2, 0.25) is 9.84 Å². The molecule has 1 aliphatic heterocycles. The number of H-pyrrole nitrogens is 1. The molecule has 2 N–H and O–H groups in total. The molecule has 0 unspecified atom stereocenters. The van der Waals surface area contributed by atoms with E-state index < -0.39 is 21.6 Å². The Morgan fingerprint density at radius 3 is 2.32 bits per heavy atom. The minimum atomic E-state index is -4.58. The zero-order valence-corrected chi connectivity index (χ0v) is 19.1. The second kappa shape index (κ2) is 8.60. The lowest BCUT2D eigenvalue weighted by Gasteiger charge is -2.15.